The first-order chi connectivity index (χ1) is 16.9. The van der Waals surface area contributed by atoms with E-state index >= 15 is 8.78 Å². The maximum absolute atomic E-state index is 15.2. The summed E-state index contributed by atoms with van der Waals surface area (Å²) in [5.74, 6) is -5.96. The summed E-state index contributed by atoms with van der Waals surface area (Å²) in [6.45, 7) is 6.26. The second-order valence-electron chi connectivity index (χ2n) is 9.29. The molecule has 36 heavy (non-hydrogen) atoms. The molecule has 0 aliphatic carbocycles. The Kier molecular flexibility index (Phi) is 7.53. The van der Waals surface area contributed by atoms with Gasteiger partial charge in [0, 0.05) is 29.1 Å². The molecule has 0 unspecified atom stereocenters. The molecule has 0 saturated carbocycles. The Bertz CT molecular complexity index is 1260. The van der Waals surface area contributed by atoms with Gasteiger partial charge < -0.3 is 19.6 Å². The molecule has 1 amide bonds. The zero-order valence-corrected chi connectivity index (χ0v) is 21.7. The van der Waals surface area contributed by atoms with E-state index in [-0.39, 0.29) is 16.7 Å². The Hall–Kier alpha value is -2.39. The van der Waals surface area contributed by atoms with Crippen LogP contribution in [0.2, 0.25) is 10.0 Å². The number of benzene rings is 2. The molecule has 2 atom stereocenters. The van der Waals surface area contributed by atoms with Crippen molar-refractivity contribution in [2.45, 2.75) is 57.4 Å². The Morgan fingerprint density at radius 1 is 1.11 bits per heavy atom. The molecule has 2 aromatic carbocycles. The average molecular weight is 541 g/mol. The molecule has 1 saturated heterocycles. The summed E-state index contributed by atoms with van der Waals surface area (Å²) in [4.78, 5) is 14.6. The van der Waals surface area contributed by atoms with E-state index in [0.29, 0.717) is 34.8 Å². The molecule has 2 heterocycles. The van der Waals surface area contributed by atoms with E-state index in [1.165, 1.54) is 25.1 Å². The fraction of sp³-hybridized carbons (Fsp3) is 0.423. The number of aliphatic hydroxyl groups is 1. The molecular formula is C26H28Cl2F2N2O4. The molecule has 3 aromatic rings. The van der Waals surface area contributed by atoms with Gasteiger partial charge in [0.15, 0.2) is 11.5 Å². The van der Waals surface area contributed by atoms with E-state index < -0.39 is 29.4 Å². The number of carbonyl (C=O) groups is 1. The molecule has 0 spiro atoms. The van der Waals surface area contributed by atoms with Gasteiger partial charge in [0.2, 0.25) is 0 Å². The lowest BCUT2D eigenvalue weighted by atomic mass is 9.93. The number of alkyl halides is 2. The van der Waals surface area contributed by atoms with E-state index in [1.807, 2.05) is 13.8 Å². The van der Waals surface area contributed by atoms with Crippen LogP contribution < -0.4 is 10.1 Å². The van der Waals surface area contributed by atoms with Crippen molar-refractivity contribution in [2.24, 2.45) is 0 Å². The Labute approximate surface area is 218 Å². The number of nitrogens with one attached hydrogen (secondary N) is 1. The van der Waals surface area contributed by atoms with Crippen LogP contribution in [-0.2, 0) is 16.4 Å². The second-order valence-corrected chi connectivity index (χ2v) is 10.1. The Morgan fingerprint density at radius 3 is 2.44 bits per heavy atom. The number of ether oxygens (including phenoxy) is 1. The standard InChI is InChI=1S/C26H28Cl2F2N2O4/c1-15(2)35-22-8-6-18(14-20(22)28)26(34,32-10-4-5-11-32)16(3)31-24(33)25(29,30)23-13-17-12-19(27)7-9-21(17)36-23/h6-9,12-16,34H,4-5,10-11H2,1-3H3,(H,31,33)/t16-,26-/m1/s1. The van der Waals surface area contributed by atoms with Crippen LogP contribution in [0.3, 0.4) is 0 Å². The molecule has 4 rings (SSSR count). The number of fused-ring (bicyclic) bond motifs is 1. The molecule has 1 fully saturated rings. The van der Waals surface area contributed by atoms with Gasteiger partial charge in [0.25, 0.3) is 5.91 Å². The lowest BCUT2D eigenvalue weighted by Gasteiger charge is -2.42. The fourth-order valence-corrected chi connectivity index (χ4v) is 4.92. The van der Waals surface area contributed by atoms with Gasteiger partial charge in [-0.25, -0.2) is 0 Å². The highest BCUT2D eigenvalue weighted by atomic mass is 35.5. The Morgan fingerprint density at radius 2 is 1.81 bits per heavy atom. The van der Waals surface area contributed by atoms with Gasteiger partial charge in [-0.3, -0.25) is 9.69 Å². The van der Waals surface area contributed by atoms with Gasteiger partial charge >= 0.3 is 5.92 Å². The predicted molar refractivity (Wildman–Crippen MR) is 135 cm³/mol. The number of likely N-dealkylation sites (tertiary alicyclic amines) is 1. The molecule has 6 nitrogen and oxygen atoms in total. The molecule has 1 aromatic heterocycles. The summed E-state index contributed by atoms with van der Waals surface area (Å²) < 4.78 is 41.3. The van der Waals surface area contributed by atoms with E-state index in [4.69, 9.17) is 32.4 Å². The van der Waals surface area contributed by atoms with Crippen molar-refractivity contribution in [1.82, 2.24) is 10.2 Å². The largest absolute Gasteiger partial charge is 0.489 e. The van der Waals surface area contributed by atoms with Crippen LogP contribution in [0.15, 0.2) is 46.9 Å². The van der Waals surface area contributed by atoms with Crippen molar-refractivity contribution in [1.29, 1.82) is 0 Å². The van der Waals surface area contributed by atoms with E-state index in [1.54, 1.807) is 23.1 Å². The van der Waals surface area contributed by atoms with Crippen LogP contribution in [0.25, 0.3) is 11.0 Å². The van der Waals surface area contributed by atoms with Crippen LogP contribution in [-0.4, -0.2) is 41.1 Å². The minimum atomic E-state index is -3.99. The van der Waals surface area contributed by atoms with Gasteiger partial charge in [0.05, 0.1) is 17.2 Å². The molecule has 1 aliphatic rings. The van der Waals surface area contributed by atoms with Crippen molar-refractivity contribution in [3.05, 3.63) is 63.8 Å². The van der Waals surface area contributed by atoms with Gasteiger partial charge in [-0.2, -0.15) is 8.78 Å². The molecule has 1 aliphatic heterocycles. The first kappa shape index (κ1) is 26.7. The van der Waals surface area contributed by atoms with Crippen LogP contribution in [0.1, 0.15) is 44.9 Å². The second kappa shape index (κ2) is 10.2. The van der Waals surface area contributed by atoms with Crippen molar-refractivity contribution in [3.8, 4) is 5.75 Å². The smallest absolute Gasteiger partial charge is 0.380 e. The summed E-state index contributed by atoms with van der Waals surface area (Å²) >= 11 is 12.3. The summed E-state index contributed by atoms with van der Waals surface area (Å²) in [5, 5.41) is 15.2. The number of nitrogens with zero attached hydrogens (tertiary/aromatic N) is 1. The number of carbonyl (C=O) groups excluding carboxylic acids is 1. The lowest BCUT2D eigenvalue weighted by Crippen LogP contribution is -2.59. The third-order valence-corrected chi connectivity index (χ3v) is 6.86. The van der Waals surface area contributed by atoms with Crippen molar-refractivity contribution in [2.75, 3.05) is 13.1 Å². The summed E-state index contributed by atoms with van der Waals surface area (Å²) in [6.07, 6.45) is 1.53. The first-order valence-electron chi connectivity index (χ1n) is 11.8. The molecule has 0 radical (unpaired) electrons. The third kappa shape index (κ3) is 5.05. The number of hydrogen-bond donors (Lipinski definition) is 2. The van der Waals surface area contributed by atoms with E-state index in [2.05, 4.69) is 5.32 Å². The monoisotopic (exact) mass is 540 g/mol. The maximum atomic E-state index is 15.2. The zero-order chi connectivity index (χ0) is 26.3. The minimum absolute atomic E-state index is 0.111. The van der Waals surface area contributed by atoms with Crippen molar-refractivity contribution >= 4 is 40.1 Å². The van der Waals surface area contributed by atoms with Crippen LogP contribution in [0.5, 0.6) is 5.75 Å². The maximum Gasteiger partial charge on any atom is 0.380 e. The topological polar surface area (TPSA) is 74.9 Å². The van der Waals surface area contributed by atoms with Crippen LogP contribution >= 0.6 is 23.2 Å². The van der Waals surface area contributed by atoms with E-state index in [9.17, 15) is 9.90 Å². The van der Waals surface area contributed by atoms with E-state index in [0.717, 1.165) is 18.9 Å². The molecule has 0 bridgehead atoms. The number of furan rings is 1. The van der Waals surface area contributed by atoms with Crippen LogP contribution in [0.4, 0.5) is 8.78 Å². The molecule has 2 N–H and O–H groups in total. The zero-order valence-electron chi connectivity index (χ0n) is 20.2. The highest BCUT2D eigenvalue weighted by Gasteiger charge is 2.49. The van der Waals surface area contributed by atoms with Gasteiger partial charge in [-0.05, 0) is 70.0 Å². The number of rotatable bonds is 8. The number of hydrogen-bond acceptors (Lipinski definition) is 5. The average Bonchev–Trinajstić information content (AvgIpc) is 3.49. The minimum Gasteiger partial charge on any atom is -0.489 e. The van der Waals surface area contributed by atoms with Crippen LogP contribution in [0, 0.1) is 0 Å². The number of halogens is 4. The van der Waals surface area contributed by atoms with Crippen molar-refractivity contribution < 1.29 is 27.8 Å². The predicted octanol–water partition coefficient (Wildman–Crippen LogP) is 6.06. The quantitative estimate of drug-likeness (QED) is 0.363. The lowest BCUT2D eigenvalue weighted by molar-refractivity contribution is -0.161. The van der Waals surface area contributed by atoms with Gasteiger partial charge in [0.1, 0.15) is 11.3 Å². The summed E-state index contributed by atoms with van der Waals surface area (Å²) in [7, 11) is 0. The summed E-state index contributed by atoms with van der Waals surface area (Å²) in [5.41, 5.74) is -1.24. The Balaban J connectivity index is 1.63. The van der Waals surface area contributed by atoms with Crippen molar-refractivity contribution in [3.63, 3.8) is 0 Å². The first-order valence-corrected chi connectivity index (χ1v) is 12.5. The molecular weight excluding hydrogens is 513 g/mol. The third-order valence-electron chi connectivity index (χ3n) is 6.33. The normalized spacial score (nSPS) is 17.4. The molecule has 10 heteroatoms. The SMILES string of the molecule is CC(C)Oc1ccc([C@](O)([C@@H](C)NC(=O)C(F)(F)c2cc3cc(Cl)ccc3o2)N2CCCC2)cc1Cl. The number of amides is 1. The highest BCUT2D eigenvalue weighted by Crippen LogP contribution is 2.38. The van der Waals surface area contributed by atoms with Gasteiger partial charge in [-0.15, -0.1) is 0 Å². The highest BCUT2D eigenvalue weighted by molar-refractivity contribution is 6.32. The van der Waals surface area contributed by atoms with Gasteiger partial charge in [-0.1, -0.05) is 29.3 Å². The fourth-order valence-electron chi connectivity index (χ4n) is 4.51. The molecule has 194 valence electrons. The summed E-state index contributed by atoms with van der Waals surface area (Å²) in [6, 6.07) is 9.21.